The number of thiocarbonyl (C=S) groups is 1. The summed E-state index contributed by atoms with van der Waals surface area (Å²) in [5.41, 5.74) is 1.47. The van der Waals surface area contributed by atoms with Gasteiger partial charge in [0.15, 0.2) is 0 Å². The third kappa shape index (κ3) is 4.19. The van der Waals surface area contributed by atoms with Crippen molar-refractivity contribution in [2.45, 2.75) is 6.42 Å². The quantitative estimate of drug-likeness (QED) is 0.595. The number of hydrogen-bond acceptors (Lipinski definition) is 6. The van der Waals surface area contributed by atoms with E-state index in [0.29, 0.717) is 32.9 Å². The fourth-order valence-corrected chi connectivity index (χ4v) is 4.20. The Labute approximate surface area is 172 Å². The van der Waals surface area contributed by atoms with Gasteiger partial charge in [0.05, 0.1) is 4.91 Å². The van der Waals surface area contributed by atoms with Crippen LogP contribution in [-0.2, 0) is 4.79 Å². The monoisotopic (exact) mass is 413 g/mol. The highest BCUT2D eigenvalue weighted by atomic mass is 32.2. The largest absolute Gasteiger partial charge is 0.457 e. The molecule has 0 atom stereocenters. The Morgan fingerprint density at radius 3 is 2.93 bits per heavy atom. The maximum Gasteiger partial charge on any atom is 0.263 e. The topological polar surface area (TPSA) is 74.6 Å². The third-order valence-electron chi connectivity index (χ3n) is 4.56. The summed E-state index contributed by atoms with van der Waals surface area (Å²) >= 11 is 6.21. The second kappa shape index (κ2) is 8.30. The first kappa shape index (κ1) is 18.9. The molecule has 2 aromatic rings. The number of rotatable bonds is 3. The summed E-state index contributed by atoms with van der Waals surface area (Å²) in [7, 11) is 0. The van der Waals surface area contributed by atoms with Crippen LogP contribution in [0.15, 0.2) is 45.7 Å². The molecule has 144 valence electrons. The van der Waals surface area contributed by atoms with Gasteiger partial charge >= 0.3 is 0 Å². The first-order valence-corrected chi connectivity index (χ1v) is 10.3. The van der Waals surface area contributed by atoms with Crippen molar-refractivity contribution in [3.05, 3.63) is 52.6 Å². The zero-order valence-corrected chi connectivity index (χ0v) is 16.7. The van der Waals surface area contributed by atoms with Gasteiger partial charge in [0.25, 0.3) is 11.8 Å². The molecule has 2 aliphatic heterocycles. The summed E-state index contributed by atoms with van der Waals surface area (Å²) < 4.78 is 6.31. The van der Waals surface area contributed by atoms with Gasteiger partial charge in [-0.05, 0) is 37.2 Å². The van der Waals surface area contributed by atoms with Gasteiger partial charge < -0.3 is 20.0 Å². The molecule has 1 aromatic carbocycles. The zero-order chi connectivity index (χ0) is 19.5. The number of carbonyl (C=O) groups is 2. The summed E-state index contributed by atoms with van der Waals surface area (Å²) in [6.07, 6.45) is 2.62. The van der Waals surface area contributed by atoms with Gasteiger partial charge in [0.2, 0.25) is 0 Å². The van der Waals surface area contributed by atoms with E-state index in [1.807, 2.05) is 35.2 Å². The Morgan fingerprint density at radius 2 is 2.11 bits per heavy atom. The predicted octanol–water partition coefficient (Wildman–Crippen LogP) is 2.87. The number of nitrogens with one attached hydrogen (secondary N) is 2. The van der Waals surface area contributed by atoms with Crippen molar-refractivity contribution >= 4 is 46.2 Å². The number of hydrogen-bond donors (Lipinski definition) is 2. The molecule has 1 aromatic heterocycles. The van der Waals surface area contributed by atoms with Gasteiger partial charge in [-0.2, -0.15) is 0 Å². The molecule has 6 nitrogen and oxygen atoms in total. The van der Waals surface area contributed by atoms with Crippen LogP contribution in [0.25, 0.3) is 17.4 Å². The molecule has 2 aliphatic rings. The highest BCUT2D eigenvalue weighted by Gasteiger charge is 2.23. The van der Waals surface area contributed by atoms with E-state index in [-0.39, 0.29) is 11.8 Å². The first-order valence-electron chi connectivity index (χ1n) is 9.05. The predicted molar refractivity (Wildman–Crippen MR) is 114 cm³/mol. The zero-order valence-electron chi connectivity index (χ0n) is 15.1. The van der Waals surface area contributed by atoms with E-state index in [4.69, 9.17) is 16.6 Å². The van der Waals surface area contributed by atoms with Crippen molar-refractivity contribution < 1.29 is 14.0 Å². The summed E-state index contributed by atoms with van der Waals surface area (Å²) in [4.78, 5) is 27.0. The highest BCUT2D eigenvalue weighted by molar-refractivity contribution is 8.26. The van der Waals surface area contributed by atoms with Crippen molar-refractivity contribution in [2.75, 3.05) is 26.2 Å². The SMILES string of the molecule is O=C1NC(=S)S/C1=C\c1ccc(-c2cccc(C(=O)N3CCCNCC3)c2)o1. The van der Waals surface area contributed by atoms with E-state index in [1.54, 1.807) is 12.1 Å². The normalized spacial score (nSPS) is 19.0. The Balaban J connectivity index is 1.54. The Kier molecular flexibility index (Phi) is 5.61. The fourth-order valence-electron chi connectivity index (χ4n) is 3.17. The van der Waals surface area contributed by atoms with Gasteiger partial charge in [-0.15, -0.1) is 0 Å². The molecule has 0 saturated carbocycles. The molecule has 4 rings (SSSR count). The molecule has 8 heteroatoms. The summed E-state index contributed by atoms with van der Waals surface area (Å²) in [5.74, 6) is 1.03. The lowest BCUT2D eigenvalue weighted by Crippen LogP contribution is -2.34. The van der Waals surface area contributed by atoms with Crippen LogP contribution in [0.4, 0.5) is 0 Å². The molecule has 0 radical (unpaired) electrons. The number of thioether (sulfide) groups is 1. The molecule has 2 saturated heterocycles. The van der Waals surface area contributed by atoms with Crippen LogP contribution < -0.4 is 10.6 Å². The van der Waals surface area contributed by atoms with E-state index in [2.05, 4.69) is 10.6 Å². The van der Waals surface area contributed by atoms with E-state index >= 15 is 0 Å². The number of nitrogens with zero attached hydrogens (tertiary/aromatic N) is 1. The van der Waals surface area contributed by atoms with E-state index in [1.165, 1.54) is 11.8 Å². The van der Waals surface area contributed by atoms with Gasteiger partial charge in [0, 0.05) is 36.8 Å². The number of furan rings is 1. The lowest BCUT2D eigenvalue weighted by Gasteiger charge is -2.20. The molecular weight excluding hydrogens is 394 g/mol. The summed E-state index contributed by atoms with van der Waals surface area (Å²) in [5, 5.41) is 5.89. The van der Waals surface area contributed by atoms with E-state index in [9.17, 15) is 9.59 Å². The lowest BCUT2D eigenvalue weighted by atomic mass is 10.1. The maximum absolute atomic E-state index is 12.8. The van der Waals surface area contributed by atoms with Gasteiger partial charge in [-0.3, -0.25) is 9.59 Å². The molecule has 0 spiro atoms. The van der Waals surface area contributed by atoms with Gasteiger partial charge in [0.1, 0.15) is 15.8 Å². The second-order valence-electron chi connectivity index (χ2n) is 6.53. The number of amides is 2. The highest BCUT2D eigenvalue weighted by Crippen LogP contribution is 2.29. The van der Waals surface area contributed by atoms with Crippen molar-refractivity contribution in [2.24, 2.45) is 0 Å². The number of benzene rings is 1. The van der Waals surface area contributed by atoms with Crippen molar-refractivity contribution in [3.63, 3.8) is 0 Å². The number of carbonyl (C=O) groups excluding carboxylic acids is 2. The molecule has 2 fully saturated rings. The molecule has 2 amide bonds. The standard InChI is InChI=1S/C20H19N3O3S2/c24-18-17(28-20(27)22-18)12-15-5-6-16(26-15)13-3-1-4-14(11-13)19(25)23-9-2-7-21-8-10-23/h1,3-6,11-12,21H,2,7-10H2,(H,22,24,27)/b17-12-. The average Bonchev–Trinajstić information content (AvgIpc) is 3.17. The lowest BCUT2D eigenvalue weighted by molar-refractivity contribution is -0.115. The molecular formula is C20H19N3O3S2. The third-order valence-corrected chi connectivity index (χ3v) is 5.73. The van der Waals surface area contributed by atoms with Crippen LogP contribution in [-0.4, -0.2) is 47.2 Å². The molecule has 0 unspecified atom stereocenters. The minimum absolute atomic E-state index is 0.0342. The first-order chi connectivity index (χ1) is 13.6. The van der Waals surface area contributed by atoms with E-state index in [0.717, 1.165) is 31.6 Å². The summed E-state index contributed by atoms with van der Waals surface area (Å²) in [6, 6.07) is 11.1. The Bertz CT molecular complexity index is 959. The summed E-state index contributed by atoms with van der Waals surface area (Å²) in [6.45, 7) is 3.23. The maximum atomic E-state index is 12.8. The second-order valence-corrected chi connectivity index (χ2v) is 8.25. The molecule has 28 heavy (non-hydrogen) atoms. The Hall–Kier alpha value is -2.42. The molecule has 3 heterocycles. The minimum atomic E-state index is -0.215. The van der Waals surface area contributed by atoms with Crippen LogP contribution >= 0.6 is 24.0 Å². The van der Waals surface area contributed by atoms with Gasteiger partial charge in [-0.25, -0.2) is 0 Å². The van der Waals surface area contributed by atoms with Crippen LogP contribution in [0.2, 0.25) is 0 Å². The molecule has 0 aliphatic carbocycles. The van der Waals surface area contributed by atoms with Crippen molar-refractivity contribution in [1.29, 1.82) is 0 Å². The minimum Gasteiger partial charge on any atom is -0.457 e. The van der Waals surface area contributed by atoms with Crippen LogP contribution in [0, 0.1) is 0 Å². The van der Waals surface area contributed by atoms with Crippen LogP contribution in [0.3, 0.4) is 0 Å². The molecule has 0 bridgehead atoms. The van der Waals surface area contributed by atoms with Crippen molar-refractivity contribution in [3.8, 4) is 11.3 Å². The Morgan fingerprint density at radius 1 is 1.21 bits per heavy atom. The average molecular weight is 414 g/mol. The van der Waals surface area contributed by atoms with Crippen molar-refractivity contribution in [1.82, 2.24) is 15.5 Å². The smallest absolute Gasteiger partial charge is 0.263 e. The fraction of sp³-hybridized carbons (Fsp3) is 0.250. The van der Waals surface area contributed by atoms with Gasteiger partial charge in [-0.1, -0.05) is 36.1 Å². The van der Waals surface area contributed by atoms with E-state index < -0.39 is 0 Å². The van der Waals surface area contributed by atoms with Crippen LogP contribution in [0.1, 0.15) is 22.5 Å². The molecule has 2 N–H and O–H groups in total. The van der Waals surface area contributed by atoms with Crippen LogP contribution in [0.5, 0.6) is 0 Å².